The highest BCUT2D eigenvalue weighted by Gasteiger charge is 2.30. The summed E-state index contributed by atoms with van der Waals surface area (Å²) in [7, 11) is 0. The Morgan fingerprint density at radius 3 is 2.94 bits per heavy atom. The number of rotatable bonds is 3. The van der Waals surface area contributed by atoms with Crippen LogP contribution >= 0.6 is 23.5 Å². The summed E-state index contributed by atoms with van der Waals surface area (Å²) in [5.41, 5.74) is 6.71. The van der Waals surface area contributed by atoms with Crippen LogP contribution in [-0.4, -0.2) is 37.7 Å². The summed E-state index contributed by atoms with van der Waals surface area (Å²) < 4.78 is 0. The zero-order valence-electron chi connectivity index (χ0n) is 10.7. The van der Waals surface area contributed by atoms with Crippen molar-refractivity contribution in [1.29, 1.82) is 0 Å². The summed E-state index contributed by atoms with van der Waals surface area (Å²) in [4.78, 5) is 3.97. The average Bonchev–Trinajstić information content (AvgIpc) is 2.32. The van der Waals surface area contributed by atoms with Crippen LogP contribution in [0.5, 0.6) is 0 Å². The molecular formula is C13H20N2OS2. The zero-order valence-corrected chi connectivity index (χ0v) is 12.4. The SMILES string of the molecule is CC1SCC(C(O)Cc2ccnc(N)c2)SC1C. The fourth-order valence-corrected chi connectivity index (χ4v) is 5.02. The molecule has 1 saturated heterocycles. The van der Waals surface area contributed by atoms with Gasteiger partial charge >= 0.3 is 0 Å². The van der Waals surface area contributed by atoms with Gasteiger partial charge in [-0.2, -0.15) is 23.5 Å². The molecule has 2 rings (SSSR count). The normalized spacial score (nSPS) is 30.1. The van der Waals surface area contributed by atoms with Gasteiger partial charge < -0.3 is 10.8 Å². The second kappa shape index (κ2) is 6.17. The van der Waals surface area contributed by atoms with Crippen LogP contribution in [-0.2, 0) is 6.42 Å². The van der Waals surface area contributed by atoms with Crippen LogP contribution in [0.1, 0.15) is 19.4 Å². The van der Waals surface area contributed by atoms with Crippen LogP contribution in [0, 0.1) is 0 Å². The van der Waals surface area contributed by atoms with E-state index in [1.807, 2.05) is 35.7 Å². The molecule has 0 spiro atoms. The molecular weight excluding hydrogens is 264 g/mol. The van der Waals surface area contributed by atoms with E-state index in [4.69, 9.17) is 5.73 Å². The molecule has 1 aliphatic rings. The number of aliphatic hydroxyl groups is 1. The van der Waals surface area contributed by atoms with E-state index in [1.165, 1.54) is 0 Å². The van der Waals surface area contributed by atoms with Crippen molar-refractivity contribution in [3.8, 4) is 0 Å². The smallest absolute Gasteiger partial charge is 0.123 e. The Balaban J connectivity index is 1.94. The van der Waals surface area contributed by atoms with Crippen molar-refractivity contribution < 1.29 is 5.11 Å². The third kappa shape index (κ3) is 3.56. The van der Waals surface area contributed by atoms with E-state index in [0.29, 0.717) is 28.0 Å². The van der Waals surface area contributed by atoms with Crippen molar-refractivity contribution in [1.82, 2.24) is 4.98 Å². The molecule has 1 aliphatic heterocycles. The predicted octanol–water partition coefficient (Wildman–Crippen LogP) is 2.19. The van der Waals surface area contributed by atoms with Crippen molar-refractivity contribution in [3.63, 3.8) is 0 Å². The van der Waals surface area contributed by atoms with Gasteiger partial charge in [0.2, 0.25) is 0 Å². The van der Waals surface area contributed by atoms with Crippen molar-refractivity contribution in [2.24, 2.45) is 0 Å². The summed E-state index contributed by atoms with van der Waals surface area (Å²) >= 11 is 3.87. The Morgan fingerprint density at radius 2 is 2.28 bits per heavy atom. The first-order valence-electron chi connectivity index (χ1n) is 6.22. The number of thioether (sulfide) groups is 2. The van der Waals surface area contributed by atoms with Crippen LogP contribution in [0.4, 0.5) is 5.82 Å². The molecule has 2 heterocycles. The molecule has 0 radical (unpaired) electrons. The minimum Gasteiger partial charge on any atom is -0.392 e. The monoisotopic (exact) mass is 284 g/mol. The van der Waals surface area contributed by atoms with E-state index >= 15 is 0 Å². The largest absolute Gasteiger partial charge is 0.392 e. The number of hydrogen-bond donors (Lipinski definition) is 2. The zero-order chi connectivity index (χ0) is 13.1. The van der Waals surface area contributed by atoms with Gasteiger partial charge in [0.25, 0.3) is 0 Å². The maximum atomic E-state index is 10.3. The molecule has 18 heavy (non-hydrogen) atoms. The van der Waals surface area contributed by atoms with Crippen molar-refractivity contribution in [2.45, 2.75) is 42.1 Å². The van der Waals surface area contributed by atoms with E-state index in [9.17, 15) is 5.11 Å². The van der Waals surface area contributed by atoms with Gasteiger partial charge in [0.15, 0.2) is 0 Å². The van der Waals surface area contributed by atoms with E-state index in [1.54, 1.807) is 6.20 Å². The highest BCUT2D eigenvalue weighted by Crippen LogP contribution is 2.37. The Hall–Kier alpha value is -0.390. The Morgan fingerprint density at radius 1 is 1.50 bits per heavy atom. The van der Waals surface area contributed by atoms with Crippen LogP contribution < -0.4 is 5.73 Å². The fourth-order valence-electron chi connectivity index (χ4n) is 2.00. The van der Waals surface area contributed by atoms with E-state index < -0.39 is 0 Å². The van der Waals surface area contributed by atoms with Crippen LogP contribution in [0.2, 0.25) is 0 Å². The minimum absolute atomic E-state index is 0.306. The Kier molecular flexibility index (Phi) is 4.81. The van der Waals surface area contributed by atoms with Gasteiger partial charge in [0.05, 0.1) is 6.10 Å². The maximum absolute atomic E-state index is 10.3. The summed E-state index contributed by atoms with van der Waals surface area (Å²) in [6.07, 6.45) is 2.05. The van der Waals surface area contributed by atoms with Gasteiger partial charge in [-0.15, -0.1) is 0 Å². The lowest BCUT2D eigenvalue weighted by atomic mass is 10.1. The molecule has 3 nitrogen and oxygen atoms in total. The molecule has 0 bridgehead atoms. The molecule has 4 unspecified atom stereocenters. The van der Waals surface area contributed by atoms with Gasteiger partial charge in [0, 0.05) is 27.7 Å². The summed E-state index contributed by atoms with van der Waals surface area (Å²) in [6.45, 7) is 4.50. The number of hydrogen-bond acceptors (Lipinski definition) is 5. The van der Waals surface area contributed by atoms with Gasteiger partial charge in [0.1, 0.15) is 5.82 Å². The highest BCUT2D eigenvalue weighted by molar-refractivity contribution is 8.07. The number of aliphatic hydroxyl groups excluding tert-OH is 1. The Labute approximate surface area is 117 Å². The molecule has 1 fully saturated rings. The van der Waals surface area contributed by atoms with E-state index in [-0.39, 0.29) is 6.10 Å². The summed E-state index contributed by atoms with van der Waals surface area (Å²) in [6, 6.07) is 3.77. The van der Waals surface area contributed by atoms with Gasteiger partial charge in [-0.1, -0.05) is 13.8 Å². The molecule has 4 atom stereocenters. The van der Waals surface area contributed by atoms with Gasteiger partial charge in [-0.05, 0) is 24.1 Å². The lowest BCUT2D eigenvalue weighted by Crippen LogP contribution is -2.35. The van der Waals surface area contributed by atoms with E-state index in [0.717, 1.165) is 11.3 Å². The van der Waals surface area contributed by atoms with Crippen molar-refractivity contribution in [2.75, 3.05) is 11.5 Å². The summed E-state index contributed by atoms with van der Waals surface area (Å²) in [5.74, 6) is 1.55. The maximum Gasteiger partial charge on any atom is 0.123 e. The lowest BCUT2D eigenvalue weighted by Gasteiger charge is -2.33. The first kappa shape index (κ1) is 14.0. The molecule has 5 heteroatoms. The first-order valence-corrected chi connectivity index (χ1v) is 8.21. The quantitative estimate of drug-likeness (QED) is 0.891. The highest BCUT2D eigenvalue weighted by atomic mass is 32.2. The van der Waals surface area contributed by atoms with E-state index in [2.05, 4.69) is 18.8 Å². The summed E-state index contributed by atoms with van der Waals surface area (Å²) in [5, 5.41) is 11.9. The van der Waals surface area contributed by atoms with Gasteiger partial charge in [-0.3, -0.25) is 0 Å². The number of nitrogens with zero attached hydrogens (tertiary/aromatic N) is 1. The molecule has 100 valence electrons. The standard InChI is InChI=1S/C13H20N2OS2/c1-8-9(2)18-12(7-17-8)11(16)5-10-3-4-15-13(14)6-10/h3-4,6,8-9,11-12,16H,5,7H2,1-2H3,(H2,14,15). The number of pyridine rings is 1. The average molecular weight is 284 g/mol. The molecule has 0 saturated carbocycles. The molecule has 3 N–H and O–H groups in total. The van der Waals surface area contributed by atoms with Crippen LogP contribution in [0.15, 0.2) is 18.3 Å². The lowest BCUT2D eigenvalue weighted by molar-refractivity contribution is 0.177. The molecule has 0 amide bonds. The van der Waals surface area contributed by atoms with Crippen molar-refractivity contribution >= 4 is 29.3 Å². The second-order valence-electron chi connectivity index (χ2n) is 4.78. The third-order valence-corrected chi connectivity index (χ3v) is 6.83. The topological polar surface area (TPSA) is 59.1 Å². The predicted molar refractivity (Wildman–Crippen MR) is 81.1 cm³/mol. The Bertz CT molecular complexity index is 402. The number of nitrogen functional groups attached to an aromatic ring is 1. The molecule has 0 aliphatic carbocycles. The van der Waals surface area contributed by atoms with Gasteiger partial charge in [-0.25, -0.2) is 4.98 Å². The fraction of sp³-hybridized carbons (Fsp3) is 0.615. The molecule has 1 aromatic rings. The number of aromatic nitrogens is 1. The second-order valence-corrected chi connectivity index (χ2v) is 7.81. The number of anilines is 1. The van der Waals surface area contributed by atoms with Crippen molar-refractivity contribution in [3.05, 3.63) is 23.9 Å². The number of nitrogens with two attached hydrogens (primary N) is 1. The first-order chi connectivity index (χ1) is 8.56. The van der Waals surface area contributed by atoms with Crippen LogP contribution in [0.3, 0.4) is 0 Å². The third-order valence-electron chi connectivity index (χ3n) is 3.29. The van der Waals surface area contributed by atoms with Crippen LogP contribution in [0.25, 0.3) is 0 Å². The molecule has 0 aromatic carbocycles. The minimum atomic E-state index is -0.306. The molecule has 1 aromatic heterocycles.